The van der Waals surface area contributed by atoms with Crippen LogP contribution in [0.2, 0.25) is 0 Å². The van der Waals surface area contributed by atoms with Gasteiger partial charge in [0, 0.05) is 12.1 Å². The summed E-state index contributed by atoms with van der Waals surface area (Å²) < 4.78 is 11.5. The number of ether oxygens (including phenoxy) is 2. The number of nitrogens with one attached hydrogen (secondary N) is 1. The van der Waals surface area contributed by atoms with Crippen molar-refractivity contribution in [2.24, 2.45) is 5.73 Å². The Kier molecular flexibility index (Phi) is 5.44. The van der Waals surface area contributed by atoms with Crippen molar-refractivity contribution >= 4 is 5.91 Å². The Bertz CT molecular complexity index is 482. The molecule has 116 valence electrons. The second-order valence-corrected chi connectivity index (χ2v) is 5.48. The quantitative estimate of drug-likeness (QED) is 0.841. The Morgan fingerprint density at radius 3 is 2.76 bits per heavy atom. The maximum absolute atomic E-state index is 11.6. The molecule has 5 nitrogen and oxygen atoms in total. The third kappa shape index (κ3) is 4.11. The second kappa shape index (κ2) is 7.31. The highest BCUT2D eigenvalue weighted by molar-refractivity contribution is 5.81. The van der Waals surface area contributed by atoms with E-state index in [0.29, 0.717) is 12.3 Å². The molecule has 0 heterocycles. The summed E-state index contributed by atoms with van der Waals surface area (Å²) >= 11 is 0. The summed E-state index contributed by atoms with van der Waals surface area (Å²) in [5.74, 6) is 1.26. The number of rotatable bonds is 6. The van der Waals surface area contributed by atoms with E-state index in [2.05, 4.69) is 5.32 Å². The van der Waals surface area contributed by atoms with Crippen molar-refractivity contribution in [2.45, 2.75) is 51.3 Å². The number of nitrogens with two attached hydrogens (primary N) is 1. The number of hydrogen-bond donors (Lipinski definition) is 2. The van der Waals surface area contributed by atoms with Gasteiger partial charge >= 0.3 is 0 Å². The number of para-hydroxylation sites is 1. The van der Waals surface area contributed by atoms with Crippen LogP contribution in [0.15, 0.2) is 18.2 Å². The van der Waals surface area contributed by atoms with Gasteiger partial charge in [0.1, 0.15) is 0 Å². The van der Waals surface area contributed by atoms with E-state index in [4.69, 9.17) is 15.2 Å². The van der Waals surface area contributed by atoms with Gasteiger partial charge < -0.3 is 20.5 Å². The van der Waals surface area contributed by atoms with Crippen molar-refractivity contribution in [2.75, 3.05) is 7.11 Å². The molecule has 0 radical (unpaired) electrons. The van der Waals surface area contributed by atoms with Gasteiger partial charge in [-0.3, -0.25) is 4.79 Å². The van der Waals surface area contributed by atoms with Crippen molar-refractivity contribution < 1.29 is 14.3 Å². The molecule has 0 spiro atoms. The number of carbonyl (C=O) groups is 1. The molecule has 1 fully saturated rings. The fraction of sp³-hybridized carbons (Fsp3) is 0.562. The summed E-state index contributed by atoms with van der Waals surface area (Å²) in [6.07, 6.45) is 4.80. The Morgan fingerprint density at radius 1 is 1.43 bits per heavy atom. The fourth-order valence-electron chi connectivity index (χ4n) is 2.51. The zero-order valence-corrected chi connectivity index (χ0v) is 12.7. The number of benzene rings is 1. The molecule has 1 aromatic carbocycles. The molecule has 1 saturated carbocycles. The van der Waals surface area contributed by atoms with Gasteiger partial charge in [0.05, 0.1) is 19.3 Å². The van der Waals surface area contributed by atoms with Crippen LogP contribution in [-0.4, -0.2) is 25.2 Å². The highest BCUT2D eigenvalue weighted by Gasteiger charge is 2.20. The largest absolute Gasteiger partial charge is 0.493 e. The van der Waals surface area contributed by atoms with E-state index in [1.54, 1.807) is 14.0 Å². The third-order valence-electron chi connectivity index (χ3n) is 3.73. The average Bonchev–Trinajstić information content (AvgIpc) is 2.98. The van der Waals surface area contributed by atoms with Crippen molar-refractivity contribution in [1.29, 1.82) is 0 Å². The molecule has 1 amide bonds. The zero-order chi connectivity index (χ0) is 15.2. The molecule has 1 aliphatic rings. The lowest BCUT2D eigenvalue weighted by Gasteiger charge is -2.19. The first kappa shape index (κ1) is 15.6. The van der Waals surface area contributed by atoms with E-state index in [-0.39, 0.29) is 12.0 Å². The Morgan fingerprint density at radius 2 is 2.14 bits per heavy atom. The molecular weight excluding hydrogens is 268 g/mol. The minimum Gasteiger partial charge on any atom is -0.493 e. The third-order valence-corrected chi connectivity index (χ3v) is 3.73. The summed E-state index contributed by atoms with van der Waals surface area (Å²) in [6.45, 7) is 2.05. The predicted octanol–water partition coefficient (Wildman–Crippen LogP) is 1.98. The molecule has 1 atom stereocenters. The Hall–Kier alpha value is -1.75. The number of amides is 1. The molecule has 1 aliphatic carbocycles. The summed E-state index contributed by atoms with van der Waals surface area (Å²) in [4.78, 5) is 11.6. The highest BCUT2D eigenvalue weighted by atomic mass is 16.5. The van der Waals surface area contributed by atoms with Gasteiger partial charge in [0.2, 0.25) is 5.91 Å². The Balaban J connectivity index is 2.12. The minimum absolute atomic E-state index is 0.176. The maximum atomic E-state index is 11.6. The van der Waals surface area contributed by atoms with Gasteiger partial charge in [0.15, 0.2) is 11.5 Å². The molecule has 0 unspecified atom stereocenters. The second-order valence-electron chi connectivity index (χ2n) is 5.48. The number of hydrogen-bond acceptors (Lipinski definition) is 4. The molecule has 21 heavy (non-hydrogen) atoms. The average molecular weight is 292 g/mol. The van der Waals surface area contributed by atoms with Gasteiger partial charge in [-0.15, -0.1) is 0 Å². The SMILES string of the molecule is COc1cccc(CNC(=O)[C@H](C)N)c1OC1CCCC1. The van der Waals surface area contributed by atoms with Crippen LogP contribution in [0.4, 0.5) is 0 Å². The smallest absolute Gasteiger partial charge is 0.236 e. The lowest BCUT2D eigenvalue weighted by Crippen LogP contribution is -2.37. The lowest BCUT2D eigenvalue weighted by molar-refractivity contribution is -0.122. The first-order valence-electron chi connectivity index (χ1n) is 7.47. The molecule has 2 rings (SSSR count). The van der Waals surface area contributed by atoms with E-state index in [9.17, 15) is 4.79 Å². The van der Waals surface area contributed by atoms with Gasteiger partial charge in [0.25, 0.3) is 0 Å². The normalized spacial score (nSPS) is 16.5. The van der Waals surface area contributed by atoms with E-state index in [0.717, 1.165) is 24.2 Å². The van der Waals surface area contributed by atoms with Crippen LogP contribution in [0.25, 0.3) is 0 Å². The van der Waals surface area contributed by atoms with E-state index in [1.165, 1.54) is 12.8 Å². The molecule has 5 heteroatoms. The van der Waals surface area contributed by atoms with E-state index in [1.807, 2.05) is 18.2 Å². The Labute approximate surface area is 125 Å². The molecule has 0 aromatic heterocycles. The number of methoxy groups -OCH3 is 1. The summed E-state index contributed by atoms with van der Waals surface area (Å²) in [5.41, 5.74) is 6.47. The van der Waals surface area contributed by atoms with Gasteiger partial charge in [-0.1, -0.05) is 12.1 Å². The van der Waals surface area contributed by atoms with Crippen LogP contribution in [0, 0.1) is 0 Å². The van der Waals surface area contributed by atoms with Crippen LogP contribution in [0.5, 0.6) is 11.5 Å². The van der Waals surface area contributed by atoms with E-state index < -0.39 is 6.04 Å². The highest BCUT2D eigenvalue weighted by Crippen LogP contribution is 2.34. The molecular formula is C16H24N2O3. The first-order chi connectivity index (χ1) is 10.1. The van der Waals surface area contributed by atoms with Crippen molar-refractivity contribution in [3.05, 3.63) is 23.8 Å². The molecule has 0 bridgehead atoms. The standard InChI is InChI=1S/C16H24N2O3/c1-11(17)16(19)18-10-12-6-5-9-14(20-2)15(12)21-13-7-3-4-8-13/h5-6,9,11,13H,3-4,7-8,10,17H2,1-2H3,(H,18,19)/t11-/m0/s1. The van der Waals surface area contributed by atoms with Crippen LogP contribution in [-0.2, 0) is 11.3 Å². The van der Waals surface area contributed by atoms with Crippen LogP contribution in [0.1, 0.15) is 38.2 Å². The van der Waals surface area contributed by atoms with Gasteiger partial charge in [-0.2, -0.15) is 0 Å². The molecule has 3 N–H and O–H groups in total. The monoisotopic (exact) mass is 292 g/mol. The number of carbonyl (C=O) groups excluding carboxylic acids is 1. The van der Waals surface area contributed by atoms with Crippen molar-refractivity contribution in [1.82, 2.24) is 5.32 Å². The molecule has 0 aliphatic heterocycles. The minimum atomic E-state index is -0.519. The molecule has 0 saturated heterocycles. The maximum Gasteiger partial charge on any atom is 0.236 e. The van der Waals surface area contributed by atoms with Gasteiger partial charge in [-0.05, 0) is 38.7 Å². The molecule has 1 aromatic rings. The first-order valence-corrected chi connectivity index (χ1v) is 7.47. The predicted molar refractivity (Wildman–Crippen MR) is 81.4 cm³/mol. The fourth-order valence-corrected chi connectivity index (χ4v) is 2.51. The summed E-state index contributed by atoms with van der Waals surface area (Å²) in [5, 5.41) is 2.82. The van der Waals surface area contributed by atoms with E-state index >= 15 is 0 Å². The van der Waals surface area contributed by atoms with Crippen molar-refractivity contribution in [3.8, 4) is 11.5 Å². The van der Waals surface area contributed by atoms with Crippen LogP contribution < -0.4 is 20.5 Å². The zero-order valence-electron chi connectivity index (χ0n) is 12.7. The van der Waals surface area contributed by atoms with Crippen molar-refractivity contribution in [3.63, 3.8) is 0 Å². The van der Waals surface area contributed by atoms with Crippen LogP contribution >= 0.6 is 0 Å². The topological polar surface area (TPSA) is 73.6 Å². The lowest BCUT2D eigenvalue weighted by atomic mass is 10.1. The summed E-state index contributed by atoms with van der Waals surface area (Å²) in [7, 11) is 1.63. The summed E-state index contributed by atoms with van der Waals surface area (Å²) in [6, 6.07) is 5.19. The van der Waals surface area contributed by atoms with Gasteiger partial charge in [-0.25, -0.2) is 0 Å². The van der Waals surface area contributed by atoms with Crippen LogP contribution in [0.3, 0.4) is 0 Å².